The minimum atomic E-state index is 0.115. The second-order valence-corrected chi connectivity index (χ2v) is 8.84. The normalized spacial score (nSPS) is 25.4. The summed E-state index contributed by atoms with van der Waals surface area (Å²) in [7, 11) is 0. The van der Waals surface area contributed by atoms with Gasteiger partial charge in [0.1, 0.15) is 0 Å². The van der Waals surface area contributed by atoms with E-state index in [0.29, 0.717) is 11.7 Å². The predicted octanol–water partition coefficient (Wildman–Crippen LogP) is 4.21. The summed E-state index contributed by atoms with van der Waals surface area (Å²) in [5.74, 6) is 2.96. The number of hydrogen-bond acceptors (Lipinski definition) is 3. The summed E-state index contributed by atoms with van der Waals surface area (Å²) < 4.78 is 2.05. The van der Waals surface area contributed by atoms with Gasteiger partial charge in [-0.3, -0.25) is 9.36 Å². The second kappa shape index (κ2) is 7.47. The van der Waals surface area contributed by atoms with Crippen LogP contribution in [0.4, 0.5) is 0 Å². The minimum absolute atomic E-state index is 0.115. The summed E-state index contributed by atoms with van der Waals surface area (Å²) in [5.41, 5.74) is 2.30. The number of nitrogens with zero attached hydrogens (tertiary/aromatic N) is 2. The molecule has 138 valence electrons. The molecule has 2 aliphatic carbocycles. The lowest BCUT2D eigenvalue weighted by atomic mass is 9.84. The summed E-state index contributed by atoms with van der Waals surface area (Å²) in [5, 5.41) is 4.10. The molecule has 4 rings (SSSR count). The molecular weight excluding hydrogens is 342 g/mol. The van der Waals surface area contributed by atoms with Crippen molar-refractivity contribution in [2.75, 3.05) is 5.75 Å². The zero-order valence-electron chi connectivity index (χ0n) is 15.5. The van der Waals surface area contributed by atoms with Gasteiger partial charge in [0.15, 0.2) is 5.16 Å². The molecule has 5 heteroatoms. The van der Waals surface area contributed by atoms with Gasteiger partial charge in [-0.05, 0) is 68.6 Å². The number of rotatable bonds is 6. The summed E-state index contributed by atoms with van der Waals surface area (Å²) in [4.78, 5) is 16.9. The van der Waals surface area contributed by atoms with Crippen LogP contribution < -0.4 is 5.32 Å². The van der Waals surface area contributed by atoms with Crippen molar-refractivity contribution in [2.24, 2.45) is 17.8 Å². The van der Waals surface area contributed by atoms with Gasteiger partial charge >= 0.3 is 0 Å². The first-order valence-corrected chi connectivity index (χ1v) is 10.6. The van der Waals surface area contributed by atoms with E-state index in [1.165, 1.54) is 43.0 Å². The van der Waals surface area contributed by atoms with Crippen molar-refractivity contribution in [1.29, 1.82) is 0 Å². The molecule has 2 saturated carbocycles. The Morgan fingerprint density at radius 1 is 1.38 bits per heavy atom. The Kier molecular flexibility index (Phi) is 5.07. The van der Waals surface area contributed by atoms with Crippen molar-refractivity contribution in [3.05, 3.63) is 42.2 Å². The van der Waals surface area contributed by atoms with Gasteiger partial charge in [0.25, 0.3) is 0 Å². The second-order valence-electron chi connectivity index (χ2n) is 7.90. The molecule has 0 radical (unpaired) electrons. The van der Waals surface area contributed by atoms with E-state index < -0.39 is 0 Å². The van der Waals surface area contributed by atoms with Crippen LogP contribution in [0.25, 0.3) is 5.69 Å². The van der Waals surface area contributed by atoms with Gasteiger partial charge in [0, 0.05) is 24.1 Å². The highest BCUT2D eigenvalue weighted by Gasteiger charge is 2.42. The van der Waals surface area contributed by atoms with E-state index in [2.05, 4.69) is 42.3 Å². The van der Waals surface area contributed by atoms with Gasteiger partial charge in [0.05, 0.1) is 5.75 Å². The Labute approximate surface area is 159 Å². The van der Waals surface area contributed by atoms with E-state index in [0.717, 1.165) is 22.7 Å². The Hall–Kier alpha value is -1.75. The molecule has 0 saturated heterocycles. The SMILES string of the molecule is Cc1cccc(-n2ccnc2SCC(=O)NC(C)C2CC3CCC2C3)c1. The number of carbonyl (C=O) groups excluding carboxylic acids is 1. The van der Waals surface area contributed by atoms with Crippen molar-refractivity contribution in [3.63, 3.8) is 0 Å². The molecular formula is C21H27N3OS. The van der Waals surface area contributed by atoms with E-state index >= 15 is 0 Å². The lowest BCUT2D eigenvalue weighted by molar-refractivity contribution is -0.119. The zero-order chi connectivity index (χ0) is 18.1. The molecule has 4 unspecified atom stereocenters. The van der Waals surface area contributed by atoms with Crippen LogP contribution >= 0.6 is 11.8 Å². The van der Waals surface area contributed by atoms with Crippen LogP contribution in [0.2, 0.25) is 0 Å². The van der Waals surface area contributed by atoms with Crippen molar-refractivity contribution < 1.29 is 4.79 Å². The van der Waals surface area contributed by atoms with Gasteiger partial charge < -0.3 is 5.32 Å². The van der Waals surface area contributed by atoms with Crippen LogP contribution in [0.3, 0.4) is 0 Å². The summed E-state index contributed by atoms with van der Waals surface area (Å²) in [6, 6.07) is 8.61. The molecule has 2 fully saturated rings. The van der Waals surface area contributed by atoms with Crippen LogP contribution in [-0.2, 0) is 4.79 Å². The van der Waals surface area contributed by atoms with Gasteiger partial charge in [-0.2, -0.15) is 0 Å². The number of fused-ring (bicyclic) bond motifs is 2. The van der Waals surface area contributed by atoms with Crippen LogP contribution in [0, 0.1) is 24.7 Å². The number of hydrogen-bond donors (Lipinski definition) is 1. The van der Waals surface area contributed by atoms with Crippen molar-refractivity contribution in [3.8, 4) is 5.69 Å². The Bertz CT molecular complexity index is 787. The van der Waals surface area contributed by atoms with Crippen LogP contribution in [0.1, 0.15) is 38.2 Å². The third-order valence-electron chi connectivity index (χ3n) is 6.04. The van der Waals surface area contributed by atoms with Crippen molar-refractivity contribution in [2.45, 2.75) is 50.7 Å². The molecule has 1 N–H and O–H groups in total. The lowest BCUT2D eigenvalue weighted by Crippen LogP contribution is -2.40. The molecule has 2 aromatic rings. The molecule has 2 bridgehead atoms. The van der Waals surface area contributed by atoms with Gasteiger partial charge in [-0.25, -0.2) is 4.98 Å². The summed E-state index contributed by atoms with van der Waals surface area (Å²) in [6.45, 7) is 4.26. The lowest BCUT2D eigenvalue weighted by Gasteiger charge is -2.28. The number of aryl methyl sites for hydroxylation is 1. The fraction of sp³-hybridized carbons (Fsp3) is 0.524. The van der Waals surface area contributed by atoms with Gasteiger partial charge in [-0.1, -0.05) is 30.3 Å². The molecule has 1 heterocycles. The Morgan fingerprint density at radius 3 is 3.00 bits per heavy atom. The summed E-state index contributed by atoms with van der Waals surface area (Å²) in [6.07, 6.45) is 9.19. The first-order valence-electron chi connectivity index (χ1n) is 9.62. The van der Waals surface area contributed by atoms with E-state index in [4.69, 9.17) is 0 Å². The van der Waals surface area contributed by atoms with Crippen LogP contribution in [0.15, 0.2) is 41.8 Å². The Balaban J connectivity index is 1.33. The number of benzene rings is 1. The number of aromatic nitrogens is 2. The van der Waals surface area contributed by atoms with E-state index in [1.54, 1.807) is 6.20 Å². The van der Waals surface area contributed by atoms with Crippen molar-refractivity contribution >= 4 is 17.7 Å². The van der Waals surface area contributed by atoms with Crippen LogP contribution in [0.5, 0.6) is 0 Å². The van der Waals surface area contributed by atoms with E-state index in [-0.39, 0.29) is 11.9 Å². The fourth-order valence-electron chi connectivity index (χ4n) is 4.81. The highest BCUT2D eigenvalue weighted by atomic mass is 32.2. The molecule has 1 aromatic heterocycles. The molecule has 0 spiro atoms. The quantitative estimate of drug-likeness (QED) is 0.776. The monoisotopic (exact) mass is 369 g/mol. The predicted molar refractivity (Wildman–Crippen MR) is 106 cm³/mol. The van der Waals surface area contributed by atoms with Gasteiger partial charge in [-0.15, -0.1) is 0 Å². The average Bonchev–Trinajstić information content (AvgIpc) is 3.36. The van der Waals surface area contributed by atoms with Crippen molar-refractivity contribution in [1.82, 2.24) is 14.9 Å². The Morgan fingerprint density at radius 2 is 2.27 bits per heavy atom. The zero-order valence-corrected chi connectivity index (χ0v) is 16.3. The number of imidazole rings is 1. The molecule has 0 aliphatic heterocycles. The highest BCUT2D eigenvalue weighted by Crippen LogP contribution is 2.49. The first-order chi connectivity index (χ1) is 12.6. The molecule has 2 aliphatic rings. The third-order valence-corrected chi connectivity index (χ3v) is 7.01. The molecule has 26 heavy (non-hydrogen) atoms. The highest BCUT2D eigenvalue weighted by molar-refractivity contribution is 7.99. The third kappa shape index (κ3) is 3.68. The maximum absolute atomic E-state index is 12.4. The molecule has 1 aromatic carbocycles. The molecule has 1 amide bonds. The summed E-state index contributed by atoms with van der Waals surface area (Å²) >= 11 is 1.50. The first kappa shape index (κ1) is 17.7. The smallest absolute Gasteiger partial charge is 0.230 e. The fourth-order valence-corrected chi connectivity index (χ4v) is 5.59. The van der Waals surface area contributed by atoms with Crippen LogP contribution in [-0.4, -0.2) is 27.3 Å². The number of amides is 1. The largest absolute Gasteiger partial charge is 0.353 e. The average molecular weight is 370 g/mol. The standard InChI is InChI=1S/C21H27N3OS/c1-14-4-3-5-18(10-14)24-9-8-22-21(24)26-13-20(25)23-15(2)19-12-16-6-7-17(19)11-16/h3-5,8-10,15-17,19H,6-7,11-13H2,1-2H3,(H,23,25). The topological polar surface area (TPSA) is 46.9 Å². The molecule has 4 atom stereocenters. The van der Waals surface area contributed by atoms with E-state index in [9.17, 15) is 4.79 Å². The van der Waals surface area contributed by atoms with Gasteiger partial charge in [0.2, 0.25) is 5.91 Å². The number of thioether (sulfide) groups is 1. The minimum Gasteiger partial charge on any atom is -0.353 e. The molecule has 4 nitrogen and oxygen atoms in total. The maximum Gasteiger partial charge on any atom is 0.230 e. The maximum atomic E-state index is 12.4. The van der Waals surface area contributed by atoms with E-state index in [1.807, 2.05) is 16.8 Å². The number of nitrogens with one attached hydrogen (secondary N) is 1. The number of carbonyl (C=O) groups is 1.